The predicted octanol–water partition coefficient (Wildman–Crippen LogP) is 2.15. The Hall–Kier alpha value is -2.78. The molecule has 1 aromatic carbocycles. The summed E-state index contributed by atoms with van der Waals surface area (Å²) in [5.74, 6) is 1.20. The summed E-state index contributed by atoms with van der Waals surface area (Å²) >= 11 is 0. The Balaban J connectivity index is 1.46. The third-order valence-electron chi connectivity index (χ3n) is 3.83. The molecule has 0 atom stereocenters. The van der Waals surface area contributed by atoms with E-state index in [4.69, 9.17) is 23.7 Å². The zero-order valence-corrected chi connectivity index (χ0v) is 18.4. The van der Waals surface area contributed by atoms with E-state index < -0.39 is 11.7 Å². The van der Waals surface area contributed by atoms with Gasteiger partial charge in [0.1, 0.15) is 18.8 Å². The maximum Gasteiger partial charge on any atom is 0.407 e. The number of nitrogens with one attached hydrogen (secondary N) is 2. The fourth-order valence-electron chi connectivity index (χ4n) is 2.50. The number of hydrogen-bond acceptors (Lipinski definition) is 7. The van der Waals surface area contributed by atoms with Crippen LogP contribution in [0.4, 0.5) is 4.79 Å². The van der Waals surface area contributed by atoms with Crippen molar-refractivity contribution in [3.63, 3.8) is 0 Å². The van der Waals surface area contributed by atoms with Gasteiger partial charge >= 0.3 is 6.09 Å². The van der Waals surface area contributed by atoms with Crippen molar-refractivity contribution in [2.75, 3.05) is 52.7 Å². The van der Waals surface area contributed by atoms with Crippen molar-refractivity contribution < 1.29 is 33.3 Å². The van der Waals surface area contributed by atoms with E-state index in [1.807, 2.05) is 18.2 Å². The molecule has 172 valence electrons. The maximum absolute atomic E-state index is 11.9. The molecule has 1 heterocycles. The van der Waals surface area contributed by atoms with Crippen LogP contribution in [0.25, 0.3) is 6.08 Å². The molecule has 2 rings (SSSR count). The van der Waals surface area contributed by atoms with Crippen molar-refractivity contribution in [1.29, 1.82) is 0 Å². The van der Waals surface area contributed by atoms with E-state index in [1.165, 1.54) is 6.08 Å². The molecule has 1 aliphatic rings. The summed E-state index contributed by atoms with van der Waals surface area (Å²) in [6.07, 6.45) is 2.71. The number of carbonyl (C=O) groups excluding carboxylic acids is 2. The van der Waals surface area contributed by atoms with Crippen molar-refractivity contribution in [2.45, 2.75) is 26.4 Å². The van der Waals surface area contributed by atoms with Gasteiger partial charge in [-0.05, 0) is 44.5 Å². The summed E-state index contributed by atoms with van der Waals surface area (Å²) in [6.45, 7) is 8.78. The molecule has 0 aromatic heterocycles. The zero-order valence-electron chi connectivity index (χ0n) is 18.4. The van der Waals surface area contributed by atoms with E-state index in [2.05, 4.69) is 10.6 Å². The van der Waals surface area contributed by atoms with Crippen molar-refractivity contribution in [3.8, 4) is 11.5 Å². The molecule has 2 amide bonds. The van der Waals surface area contributed by atoms with E-state index in [1.54, 1.807) is 26.8 Å². The van der Waals surface area contributed by atoms with Crippen molar-refractivity contribution in [1.82, 2.24) is 10.6 Å². The SMILES string of the molecule is CC(C)(C)OC(=O)NCCOCCOCCNC(=O)/C=C/c1ccc2c(c1)OCCO2. The highest BCUT2D eigenvalue weighted by atomic mass is 16.6. The van der Waals surface area contributed by atoms with Gasteiger partial charge in [-0.1, -0.05) is 6.07 Å². The lowest BCUT2D eigenvalue weighted by Gasteiger charge is -2.19. The molecule has 9 nitrogen and oxygen atoms in total. The fraction of sp³-hybridized carbons (Fsp3) is 0.545. The van der Waals surface area contributed by atoms with Crippen molar-refractivity contribution in [2.24, 2.45) is 0 Å². The van der Waals surface area contributed by atoms with Crippen LogP contribution in [0.15, 0.2) is 24.3 Å². The van der Waals surface area contributed by atoms with E-state index in [0.717, 1.165) is 5.56 Å². The zero-order chi connectivity index (χ0) is 22.5. The molecule has 0 aliphatic carbocycles. The summed E-state index contributed by atoms with van der Waals surface area (Å²) in [5, 5.41) is 5.36. The highest BCUT2D eigenvalue weighted by Gasteiger charge is 2.15. The molecule has 1 aromatic rings. The highest BCUT2D eigenvalue weighted by molar-refractivity contribution is 5.91. The van der Waals surface area contributed by atoms with Crippen LogP contribution >= 0.6 is 0 Å². The number of alkyl carbamates (subject to hydrolysis) is 1. The topological polar surface area (TPSA) is 104 Å². The van der Waals surface area contributed by atoms with Gasteiger partial charge in [0.2, 0.25) is 5.91 Å². The molecule has 0 saturated carbocycles. The largest absolute Gasteiger partial charge is 0.486 e. The Morgan fingerprint density at radius 1 is 0.968 bits per heavy atom. The van der Waals surface area contributed by atoms with Gasteiger partial charge in [-0.15, -0.1) is 0 Å². The predicted molar refractivity (Wildman–Crippen MR) is 115 cm³/mol. The van der Waals surface area contributed by atoms with Crippen LogP contribution in [-0.2, 0) is 19.0 Å². The Kier molecular flexibility index (Phi) is 10.1. The second kappa shape index (κ2) is 12.8. The van der Waals surface area contributed by atoms with Crippen molar-refractivity contribution >= 4 is 18.1 Å². The van der Waals surface area contributed by atoms with E-state index in [9.17, 15) is 9.59 Å². The Morgan fingerprint density at radius 2 is 1.61 bits per heavy atom. The van der Waals surface area contributed by atoms with Gasteiger partial charge in [0.25, 0.3) is 0 Å². The second-order valence-corrected chi connectivity index (χ2v) is 7.68. The molecular formula is C22H32N2O7. The summed E-state index contributed by atoms with van der Waals surface area (Å²) < 4.78 is 26.9. The van der Waals surface area contributed by atoms with Gasteiger partial charge in [0, 0.05) is 19.2 Å². The minimum Gasteiger partial charge on any atom is -0.486 e. The maximum atomic E-state index is 11.9. The first-order valence-corrected chi connectivity index (χ1v) is 10.3. The fourth-order valence-corrected chi connectivity index (χ4v) is 2.50. The van der Waals surface area contributed by atoms with Crippen LogP contribution in [-0.4, -0.2) is 70.3 Å². The van der Waals surface area contributed by atoms with Gasteiger partial charge in [-0.2, -0.15) is 0 Å². The smallest absolute Gasteiger partial charge is 0.407 e. The van der Waals surface area contributed by atoms with Crippen LogP contribution < -0.4 is 20.1 Å². The quantitative estimate of drug-likeness (QED) is 0.405. The first-order valence-electron chi connectivity index (χ1n) is 10.3. The minimum absolute atomic E-state index is 0.206. The van der Waals surface area contributed by atoms with Crippen LogP contribution in [0.2, 0.25) is 0 Å². The average Bonchev–Trinajstić information content (AvgIpc) is 2.72. The van der Waals surface area contributed by atoms with E-state index in [-0.39, 0.29) is 5.91 Å². The molecule has 9 heteroatoms. The van der Waals surface area contributed by atoms with Crippen molar-refractivity contribution in [3.05, 3.63) is 29.8 Å². The van der Waals surface area contributed by atoms with Gasteiger partial charge in [0.05, 0.1) is 26.4 Å². The first kappa shape index (κ1) is 24.5. The number of ether oxygens (including phenoxy) is 5. The Bertz CT molecular complexity index is 744. The lowest BCUT2D eigenvalue weighted by Crippen LogP contribution is -2.34. The molecule has 0 unspecified atom stereocenters. The monoisotopic (exact) mass is 436 g/mol. The average molecular weight is 437 g/mol. The molecule has 0 spiro atoms. The molecule has 0 radical (unpaired) electrons. The normalized spacial score (nSPS) is 13.1. The van der Waals surface area contributed by atoms with Gasteiger partial charge < -0.3 is 34.3 Å². The highest BCUT2D eigenvalue weighted by Crippen LogP contribution is 2.31. The molecule has 2 N–H and O–H groups in total. The molecule has 31 heavy (non-hydrogen) atoms. The number of carbonyl (C=O) groups is 2. The summed E-state index contributed by atoms with van der Waals surface area (Å²) in [4.78, 5) is 23.3. The Labute approximate surface area is 183 Å². The van der Waals surface area contributed by atoms with Crippen LogP contribution in [0.5, 0.6) is 11.5 Å². The molecule has 0 saturated heterocycles. The van der Waals surface area contributed by atoms with Gasteiger partial charge in [-0.25, -0.2) is 4.79 Å². The number of benzene rings is 1. The summed E-state index contributed by atoms with van der Waals surface area (Å²) in [5.41, 5.74) is 0.337. The lowest BCUT2D eigenvalue weighted by molar-refractivity contribution is -0.116. The number of rotatable bonds is 11. The summed E-state index contributed by atoms with van der Waals surface area (Å²) in [6, 6.07) is 5.53. The first-order chi connectivity index (χ1) is 14.8. The number of hydrogen-bond donors (Lipinski definition) is 2. The van der Waals surface area contributed by atoms with E-state index >= 15 is 0 Å². The second-order valence-electron chi connectivity index (χ2n) is 7.68. The summed E-state index contributed by atoms with van der Waals surface area (Å²) in [7, 11) is 0. The van der Waals surface area contributed by atoms with E-state index in [0.29, 0.717) is 64.2 Å². The lowest BCUT2D eigenvalue weighted by atomic mass is 10.2. The third kappa shape index (κ3) is 10.7. The molecule has 1 aliphatic heterocycles. The van der Waals surface area contributed by atoms with Gasteiger partial charge in [-0.3, -0.25) is 4.79 Å². The van der Waals surface area contributed by atoms with Crippen LogP contribution in [0.1, 0.15) is 26.3 Å². The molecule has 0 fully saturated rings. The standard InChI is InChI=1S/C22H32N2O7/c1-22(2,3)31-21(26)24-9-11-28-13-12-27-10-8-23-20(25)7-5-17-4-6-18-19(16-17)30-15-14-29-18/h4-7,16H,8-15H2,1-3H3,(H,23,25)(H,24,26)/b7-5+. The number of fused-ring (bicyclic) bond motifs is 1. The third-order valence-corrected chi connectivity index (χ3v) is 3.83. The Morgan fingerprint density at radius 3 is 2.29 bits per heavy atom. The molecular weight excluding hydrogens is 404 g/mol. The molecule has 0 bridgehead atoms. The number of amides is 2. The van der Waals surface area contributed by atoms with Crippen LogP contribution in [0, 0.1) is 0 Å². The minimum atomic E-state index is -0.518. The van der Waals surface area contributed by atoms with Gasteiger partial charge in [0.15, 0.2) is 11.5 Å². The van der Waals surface area contributed by atoms with Crippen LogP contribution in [0.3, 0.4) is 0 Å².